The van der Waals surface area contributed by atoms with Gasteiger partial charge in [0.05, 0.1) is 7.11 Å². The van der Waals surface area contributed by atoms with Crippen LogP contribution in [0.3, 0.4) is 0 Å². The fourth-order valence-corrected chi connectivity index (χ4v) is 2.72. The number of hydrogen-bond donors (Lipinski definition) is 1. The summed E-state index contributed by atoms with van der Waals surface area (Å²) < 4.78 is 18.5. The summed E-state index contributed by atoms with van der Waals surface area (Å²) in [7, 11) is 1.45. The topological polar surface area (TPSA) is 35.2 Å². The van der Waals surface area contributed by atoms with E-state index >= 15 is 0 Å². The van der Waals surface area contributed by atoms with E-state index in [2.05, 4.69) is 31.2 Å². The Kier molecular flexibility index (Phi) is 5.04. The summed E-state index contributed by atoms with van der Waals surface area (Å²) in [4.78, 5) is 1.17. The zero-order chi connectivity index (χ0) is 14.5. The maximum Gasteiger partial charge on any atom is 0.165 e. The molecule has 0 spiro atoms. The third-order valence-corrected chi connectivity index (χ3v) is 4.19. The molecular formula is C16H18FNOS. The molecule has 0 saturated carbocycles. The molecule has 2 N–H and O–H groups in total. The molecule has 1 unspecified atom stereocenters. The van der Waals surface area contributed by atoms with Gasteiger partial charge in [-0.1, -0.05) is 23.8 Å². The van der Waals surface area contributed by atoms with Crippen LogP contribution in [0.2, 0.25) is 0 Å². The van der Waals surface area contributed by atoms with E-state index in [4.69, 9.17) is 10.5 Å². The van der Waals surface area contributed by atoms with Gasteiger partial charge in [0.1, 0.15) is 0 Å². The van der Waals surface area contributed by atoms with Gasteiger partial charge in [0, 0.05) is 16.7 Å². The number of ether oxygens (including phenoxy) is 1. The van der Waals surface area contributed by atoms with Crippen molar-refractivity contribution < 1.29 is 9.13 Å². The van der Waals surface area contributed by atoms with Gasteiger partial charge in [0.2, 0.25) is 0 Å². The van der Waals surface area contributed by atoms with Crippen molar-refractivity contribution in [1.29, 1.82) is 0 Å². The van der Waals surface area contributed by atoms with Gasteiger partial charge in [-0.15, -0.1) is 11.8 Å². The van der Waals surface area contributed by atoms with Crippen LogP contribution in [-0.2, 0) is 0 Å². The Morgan fingerprint density at radius 1 is 1.20 bits per heavy atom. The molecule has 1 atom stereocenters. The second-order valence-corrected chi connectivity index (χ2v) is 5.72. The Bertz CT molecular complexity index is 571. The fourth-order valence-electron chi connectivity index (χ4n) is 1.83. The molecule has 2 nitrogen and oxygen atoms in total. The molecule has 2 aromatic carbocycles. The lowest BCUT2D eigenvalue weighted by Crippen LogP contribution is -2.13. The highest BCUT2D eigenvalue weighted by atomic mass is 32.2. The third-order valence-electron chi connectivity index (χ3n) is 3.05. The van der Waals surface area contributed by atoms with Crippen molar-refractivity contribution in [2.24, 2.45) is 5.73 Å². The Morgan fingerprint density at radius 2 is 1.90 bits per heavy atom. The molecule has 4 heteroatoms. The normalized spacial score (nSPS) is 12.2. The lowest BCUT2D eigenvalue weighted by molar-refractivity contribution is 0.386. The van der Waals surface area contributed by atoms with E-state index in [-0.39, 0.29) is 17.6 Å². The first-order valence-electron chi connectivity index (χ1n) is 6.38. The number of hydrogen-bond acceptors (Lipinski definition) is 3. The maximum absolute atomic E-state index is 13.6. The van der Waals surface area contributed by atoms with Crippen molar-refractivity contribution in [3.63, 3.8) is 0 Å². The predicted octanol–water partition coefficient (Wildman–Crippen LogP) is 3.93. The van der Waals surface area contributed by atoms with E-state index < -0.39 is 0 Å². The Hall–Kier alpha value is -1.52. The Labute approximate surface area is 123 Å². The molecule has 2 aromatic rings. The van der Waals surface area contributed by atoms with Crippen LogP contribution >= 0.6 is 11.8 Å². The molecule has 0 bridgehead atoms. The predicted molar refractivity (Wildman–Crippen MR) is 81.8 cm³/mol. The van der Waals surface area contributed by atoms with Crippen molar-refractivity contribution in [3.8, 4) is 5.75 Å². The zero-order valence-corrected chi connectivity index (χ0v) is 12.4. The lowest BCUT2D eigenvalue weighted by atomic mass is 10.1. The molecule has 0 saturated heterocycles. The standard InChI is InChI=1S/C16H18FNOS/c1-11-3-6-13(7-4-11)20-10-15(18)12-5-8-16(19-2)14(17)9-12/h3-9,15H,10,18H2,1-2H3. The number of rotatable bonds is 5. The molecule has 0 aliphatic carbocycles. The van der Waals surface area contributed by atoms with Gasteiger partial charge in [-0.2, -0.15) is 0 Å². The van der Waals surface area contributed by atoms with Crippen LogP contribution in [0.5, 0.6) is 5.75 Å². The highest BCUT2D eigenvalue weighted by Crippen LogP contribution is 2.26. The number of methoxy groups -OCH3 is 1. The van der Waals surface area contributed by atoms with Gasteiger partial charge in [-0.05, 0) is 36.8 Å². The van der Waals surface area contributed by atoms with Gasteiger partial charge < -0.3 is 10.5 Å². The summed E-state index contributed by atoms with van der Waals surface area (Å²) in [6, 6.07) is 12.9. The van der Waals surface area contributed by atoms with Crippen LogP contribution in [0.4, 0.5) is 4.39 Å². The summed E-state index contributed by atoms with van der Waals surface area (Å²) >= 11 is 1.67. The summed E-state index contributed by atoms with van der Waals surface area (Å²) in [5.41, 5.74) is 8.12. The maximum atomic E-state index is 13.6. The van der Waals surface area contributed by atoms with Crippen LogP contribution in [0.1, 0.15) is 17.2 Å². The molecule has 0 aliphatic rings. The first-order chi connectivity index (χ1) is 9.60. The van der Waals surface area contributed by atoms with E-state index in [1.807, 2.05) is 6.07 Å². The minimum absolute atomic E-state index is 0.207. The monoisotopic (exact) mass is 291 g/mol. The first kappa shape index (κ1) is 14.9. The third kappa shape index (κ3) is 3.74. The fraction of sp³-hybridized carbons (Fsp3) is 0.250. The van der Waals surface area contributed by atoms with Gasteiger partial charge in [-0.25, -0.2) is 4.39 Å². The average Bonchev–Trinajstić information content (AvgIpc) is 2.46. The van der Waals surface area contributed by atoms with Crippen molar-refractivity contribution in [1.82, 2.24) is 0 Å². The molecule has 0 aromatic heterocycles. The van der Waals surface area contributed by atoms with Gasteiger partial charge >= 0.3 is 0 Å². The minimum atomic E-state index is -0.374. The molecular weight excluding hydrogens is 273 g/mol. The molecule has 2 rings (SSSR count). The number of aryl methyl sites for hydroxylation is 1. The number of thioether (sulfide) groups is 1. The first-order valence-corrected chi connectivity index (χ1v) is 7.37. The molecule has 0 aliphatic heterocycles. The van der Waals surface area contributed by atoms with E-state index in [1.165, 1.54) is 23.6 Å². The average molecular weight is 291 g/mol. The molecule has 0 amide bonds. The highest BCUT2D eigenvalue weighted by Gasteiger charge is 2.10. The summed E-state index contributed by atoms with van der Waals surface area (Å²) in [5, 5.41) is 0. The summed E-state index contributed by atoms with van der Waals surface area (Å²) in [6.45, 7) is 2.06. The zero-order valence-electron chi connectivity index (χ0n) is 11.6. The molecule has 0 fully saturated rings. The van der Waals surface area contributed by atoms with Crippen molar-refractivity contribution in [2.45, 2.75) is 17.9 Å². The van der Waals surface area contributed by atoms with Crippen molar-refractivity contribution >= 4 is 11.8 Å². The Balaban J connectivity index is 1.99. The van der Waals surface area contributed by atoms with Crippen LogP contribution < -0.4 is 10.5 Å². The second kappa shape index (κ2) is 6.77. The number of benzene rings is 2. The molecule has 0 radical (unpaired) electrons. The van der Waals surface area contributed by atoms with E-state index in [1.54, 1.807) is 17.8 Å². The van der Waals surface area contributed by atoms with Crippen LogP contribution in [0.15, 0.2) is 47.4 Å². The van der Waals surface area contributed by atoms with Crippen molar-refractivity contribution in [2.75, 3.05) is 12.9 Å². The lowest BCUT2D eigenvalue weighted by Gasteiger charge is -2.13. The second-order valence-electron chi connectivity index (χ2n) is 4.62. The quantitative estimate of drug-likeness (QED) is 0.848. The summed E-state index contributed by atoms with van der Waals surface area (Å²) in [5.74, 6) is 0.572. The Morgan fingerprint density at radius 3 is 2.50 bits per heavy atom. The van der Waals surface area contributed by atoms with Crippen LogP contribution in [-0.4, -0.2) is 12.9 Å². The smallest absolute Gasteiger partial charge is 0.165 e. The van der Waals surface area contributed by atoms with E-state index in [0.717, 1.165) is 5.56 Å². The van der Waals surface area contributed by atoms with Gasteiger partial charge in [0.15, 0.2) is 11.6 Å². The SMILES string of the molecule is COc1ccc(C(N)CSc2ccc(C)cc2)cc1F. The largest absolute Gasteiger partial charge is 0.494 e. The highest BCUT2D eigenvalue weighted by molar-refractivity contribution is 7.99. The van der Waals surface area contributed by atoms with Crippen LogP contribution in [0.25, 0.3) is 0 Å². The molecule has 106 valence electrons. The van der Waals surface area contributed by atoms with E-state index in [9.17, 15) is 4.39 Å². The molecule has 20 heavy (non-hydrogen) atoms. The number of halogens is 1. The minimum Gasteiger partial charge on any atom is -0.494 e. The van der Waals surface area contributed by atoms with Crippen molar-refractivity contribution in [3.05, 3.63) is 59.4 Å². The van der Waals surface area contributed by atoms with Crippen LogP contribution in [0, 0.1) is 12.7 Å². The van der Waals surface area contributed by atoms with E-state index in [0.29, 0.717) is 5.75 Å². The van der Waals surface area contributed by atoms with Gasteiger partial charge in [-0.3, -0.25) is 0 Å². The summed E-state index contributed by atoms with van der Waals surface area (Å²) in [6.07, 6.45) is 0. The molecule has 0 heterocycles. The van der Waals surface area contributed by atoms with Gasteiger partial charge in [0.25, 0.3) is 0 Å². The number of nitrogens with two attached hydrogens (primary N) is 1.